The van der Waals surface area contributed by atoms with Crippen molar-refractivity contribution < 1.29 is 4.84 Å². The molecule has 0 aromatic carbocycles. The molecule has 3 heteroatoms. The fraction of sp³-hybridized carbons (Fsp3) is 1.00. The van der Waals surface area contributed by atoms with Crippen molar-refractivity contribution in [2.24, 2.45) is 0 Å². The molecule has 2 atom stereocenters. The van der Waals surface area contributed by atoms with Crippen molar-refractivity contribution in [1.29, 1.82) is 0 Å². The van der Waals surface area contributed by atoms with Crippen LogP contribution in [0.2, 0.25) is 0 Å². The van der Waals surface area contributed by atoms with Crippen molar-refractivity contribution in [1.82, 2.24) is 5.06 Å². The topological polar surface area (TPSA) is 12.5 Å². The summed E-state index contributed by atoms with van der Waals surface area (Å²) < 4.78 is 0. The van der Waals surface area contributed by atoms with Crippen LogP contribution < -0.4 is 0 Å². The number of hydroxylamine groups is 2. The summed E-state index contributed by atoms with van der Waals surface area (Å²) in [5, 5.41) is 2.16. The second-order valence-electron chi connectivity index (χ2n) is 5.41. The molecule has 0 amide bonds. The Hall–Kier alpha value is 0.350. The van der Waals surface area contributed by atoms with Crippen LogP contribution in [0.3, 0.4) is 0 Å². The van der Waals surface area contributed by atoms with Crippen LogP contribution in [-0.2, 0) is 4.84 Å². The van der Waals surface area contributed by atoms with Gasteiger partial charge in [0.05, 0.1) is 5.60 Å². The van der Waals surface area contributed by atoms with Crippen molar-refractivity contribution >= 4 is 9.24 Å². The first-order valence-corrected chi connectivity index (χ1v) is 7.28. The zero-order valence-corrected chi connectivity index (χ0v) is 12.9. The minimum atomic E-state index is -0.0885. The first kappa shape index (κ1) is 16.4. The van der Waals surface area contributed by atoms with E-state index in [9.17, 15) is 0 Å². The lowest BCUT2D eigenvalue weighted by atomic mass is 10.2. The largest absolute Gasteiger partial charge is 0.293 e. The van der Waals surface area contributed by atoms with Gasteiger partial charge >= 0.3 is 0 Å². The van der Waals surface area contributed by atoms with E-state index in [2.05, 4.69) is 48.9 Å². The Balaban J connectivity index is 4.17. The molecule has 2 nitrogen and oxygen atoms in total. The van der Waals surface area contributed by atoms with Crippen LogP contribution >= 0.6 is 9.24 Å². The van der Waals surface area contributed by atoms with E-state index in [0.717, 1.165) is 6.54 Å². The highest BCUT2D eigenvalue weighted by atomic mass is 31.0. The van der Waals surface area contributed by atoms with Gasteiger partial charge < -0.3 is 0 Å². The van der Waals surface area contributed by atoms with Crippen LogP contribution in [0.15, 0.2) is 0 Å². The molecule has 0 N–H and O–H groups in total. The monoisotopic (exact) mass is 247 g/mol. The van der Waals surface area contributed by atoms with Gasteiger partial charge in [-0.3, -0.25) is 4.84 Å². The molecule has 0 saturated heterocycles. The van der Waals surface area contributed by atoms with E-state index in [0.29, 0.717) is 5.78 Å². The highest BCUT2D eigenvalue weighted by molar-refractivity contribution is 7.17. The fourth-order valence-electron chi connectivity index (χ4n) is 1.50. The molecule has 0 radical (unpaired) electrons. The maximum absolute atomic E-state index is 6.01. The zero-order valence-electron chi connectivity index (χ0n) is 11.8. The second kappa shape index (κ2) is 8.44. The molecule has 0 aliphatic carbocycles. The van der Waals surface area contributed by atoms with E-state index in [1.165, 1.54) is 32.1 Å². The molecule has 0 rings (SSSR count). The van der Waals surface area contributed by atoms with E-state index < -0.39 is 0 Å². The van der Waals surface area contributed by atoms with E-state index in [1.807, 2.05) is 0 Å². The molecular formula is C13H30NOP. The van der Waals surface area contributed by atoms with E-state index in [1.54, 1.807) is 0 Å². The van der Waals surface area contributed by atoms with Gasteiger partial charge in [0, 0.05) is 12.3 Å². The van der Waals surface area contributed by atoms with Crippen LogP contribution in [0.1, 0.15) is 66.7 Å². The third-order valence-corrected chi connectivity index (χ3v) is 3.01. The molecular weight excluding hydrogens is 217 g/mol. The summed E-state index contributed by atoms with van der Waals surface area (Å²) in [6.45, 7) is 11.8. The molecule has 0 spiro atoms. The number of hydrogen-bond acceptors (Lipinski definition) is 2. The minimum absolute atomic E-state index is 0.0885. The Morgan fingerprint density at radius 1 is 1.12 bits per heavy atom. The fourth-order valence-corrected chi connectivity index (χ4v) is 1.95. The standard InChI is InChI=1S/C13H30NOP/c1-6-8-10-12(16)14(11-9-7-2)15-13(3,4)5/h12H,6-11,16H2,1-5H3. The van der Waals surface area contributed by atoms with E-state index in [4.69, 9.17) is 4.84 Å². The third kappa shape index (κ3) is 8.50. The molecule has 0 bridgehead atoms. The van der Waals surface area contributed by atoms with Gasteiger partial charge in [-0.2, -0.15) is 5.06 Å². The number of hydrogen-bond donors (Lipinski definition) is 0. The average Bonchev–Trinajstić information content (AvgIpc) is 2.19. The molecule has 16 heavy (non-hydrogen) atoms. The molecule has 0 aromatic rings. The van der Waals surface area contributed by atoms with Gasteiger partial charge in [-0.05, 0) is 33.6 Å². The van der Waals surface area contributed by atoms with E-state index in [-0.39, 0.29) is 5.60 Å². The Kier molecular flexibility index (Phi) is 8.63. The average molecular weight is 247 g/mol. The normalized spacial score (nSPS) is 14.4. The maximum Gasteiger partial charge on any atom is 0.0816 e. The summed E-state index contributed by atoms with van der Waals surface area (Å²) in [6, 6.07) is 0. The summed E-state index contributed by atoms with van der Waals surface area (Å²) >= 11 is 0. The summed E-state index contributed by atoms with van der Waals surface area (Å²) in [6.07, 6.45) is 6.13. The molecule has 0 aromatic heterocycles. The minimum Gasteiger partial charge on any atom is -0.293 e. The lowest BCUT2D eigenvalue weighted by Crippen LogP contribution is -2.39. The SMILES string of the molecule is CCCCC(P)N(CCCC)OC(C)(C)C. The molecule has 0 heterocycles. The first-order chi connectivity index (χ1) is 7.40. The Bertz CT molecular complexity index is 168. The molecule has 0 aliphatic heterocycles. The molecule has 0 saturated carbocycles. The summed E-state index contributed by atoms with van der Waals surface area (Å²) in [7, 11) is 2.92. The van der Waals surface area contributed by atoms with Crippen LogP contribution in [0, 0.1) is 0 Å². The Morgan fingerprint density at radius 3 is 2.12 bits per heavy atom. The highest BCUT2D eigenvalue weighted by Crippen LogP contribution is 2.21. The van der Waals surface area contributed by atoms with E-state index >= 15 is 0 Å². The van der Waals surface area contributed by atoms with Crippen molar-refractivity contribution in [2.45, 2.75) is 78.1 Å². The van der Waals surface area contributed by atoms with Crippen molar-refractivity contribution in [3.05, 3.63) is 0 Å². The second-order valence-corrected chi connectivity index (χ2v) is 6.18. The van der Waals surface area contributed by atoms with Crippen LogP contribution in [-0.4, -0.2) is 23.0 Å². The lowest BCUT2D eigenvalue weighted by molar-refractivity contribution is -0.236. The van der Waals surface area contributed by atoms with Gasteiger partial charge in [-0.1, -0.05) is 33.1 Å². The molecule has 0 fully saturated rings. The van der Waals surface area contributed by atoms with Crippen LogP contribution in [0.5, 0.6) is 0 Å². The van der Waals surface area contributed by atoms with Gasteiger partial charge in [0.2, 0.25) is 0 Å². The first-order valence-electron chi connectivity index (χ1n) is 6.62. The van der Waals surface area contributed by atoms with Gasteiger partial charge in [0.1, 0.15) is 0 Å². The Morgan fingerprint density at radius 2 is 1.69 bits per heavy atom. The van der Waals surface area contributed by atoms with Gasteiger partial charge in [-0.25, -0.2) is 0 Å². The van der Waals surface area contributed by atoms with Crippen LogP contribution in [0.4, 0.5) is 0 Å². The Labute approximate surface area is 104 Å². The summed E-state index contributed by atoms with van der Waals surface area (Å²) in [4.78, 5) is 6.01. The predicted octanol–water partition coefficient (Wildman–Crippen LogP) is 4.21. The quantitative estimate of drug-likeness (QED) is 0.470. The maximum atomic E-state index is 6.01. The summed E-state index contributed by atoms with van der Waals surface area (Å²) in [5.41, 5.74) is -0.0885. The van der Waals surface area contributed by atoms with Crippen molar-refractivity contribution in [2.75, 3.05) is 6.54 Å². The van der Waals surface area contributed by atoms with Crippen molar-refractivity contribution in [3.8, 4) is 0 Å². The summed E-state index contributed by atoms with van der Waals surface area (Å²) in [5.74, 6) is 0.450. The lowest BCUT2D eigenvalue weighted by Gasteiger charge is -2.34. The molecule has 2 unspecified atom stereocenters. The van der Waals surface area contributed by atoms with Gasteiger partial charge in [0.15, 0.2) is 0 Å². The van der Waals surface area contributed by atoms with Crippen molar-refractivity contribution in [3.63, 3.8) is 0 Å². The third-order valence-electron chi connectivity index (χ3n) is 2.35. The smallest absolute Gasteiger partial charge is 0.0816 e. The zero-order chi connectivity index (χ0) is 12.6. The van der Waals surface area contributed by atoms with Gasteiger partial charge in [-0.15, -0.1) is 9.24 Å². The molecule has 0 aliphatic rings. The number of unbranched alkanes of at least 4 members (excludes halogenated alkanes) is 2. The van der Waals surface area contributed by atoms with Gasteiger partial charge in [0.25, 0.3) is 0 Å². The highest BCUT2D eigenvalue weighted by Gasteiger charge is 2.21. The predicted molar refractivity (Wildman–Crippen MR) is 75.5 cm³/mol. The van der Waals surface area contributed by atoms with Crippen LogP contribution in [0.25, 0.3) is 0 Å². The number of nitrogens with zero attached hydrogens (tertiary/aromatic N) is 1. The number of rotatable bonds is 8. The molecule has 98 valence electrons.